The van der Waals surface area contributed by atoms with Crippen molar-refractivity contribution in [3.05, 3.63) is 57.5 Å². The molecule has 8 nitrogen and oxygen atoms in total. The molecule has 1 aliphatic rings. The van der Waals surface area contributed by atoms with Crippen molar-refractivity contribution in [2.24, 2.45) is 0 Å². The summed E-state index contributed by atoms with van der Waals surface area (Å²) in [6.45, 7) is 4.51. The van der Waals surface area contributed by atoms with Gasteiger partial charge in [-0.15, -0.1) is 0 Å². The lowest BCUT2D eigenvalue weighted by Crippen LogP contribution is -2.50. The highest BCUT2D eigenvalue weighted by molar-refractivity contribution is 7.89. The van der Waals surface area contributed by atoms with Gasteiger partial charge in [0.1, 0.15) is 10.5 Å². The summed E-state index contributed by atoms with van der Waals surface area (Å²) in [5.41, 5.74) is 2.56. The molecule has 0 spiro atoms. The van der Waals surface area contributed by atoms with Gasteiger partial charge in [0, 0.05) is 37.6 Å². The van der Waals surface area contributed by atoms with Crippen molar-refractivity contribution in [3.63, 3.8) is 0 Å². The molecule has 1 amide bonds. The van der Waals surface area contributed by atoms with E-state index in [1.807, 2.05) is 19.9 Å². The van der Waals surface area contributed by atoms with Crippen LogP contribution in [0, 0.1) is 13.8 Å². The Bertz CT molecular complexity index is 1230. The van der Waals surface area contributed by atoms with Gasteiger partial charge in [-0.2, -0.15) is 9.40 Å². The van der Waals surface area contributed by atoms with Crippen molar-refractivity contribution in [1.29, 1.82) is 0 Å². The first-order valence-electron chi connectivity index (χ1n) is 9.25. The molecule has 1 aliphatic heterocycles. The number of hydrogen-bond acceptors (Lipinski definition) is 5. The molecule has 3 heterocycles. The predicted molar refractivity (Wildman–Crippen MR) is 114 cm³/mol. The largest absolute Gasteiger partial charge is 0.336 e. The van der Waals surface area contributed by atoms with Crippen LogP contribution in [0.3, 0.4) is 0 Å². The Morgan fingerprint density at radius 2 is 1.70 bits per heavy atom. The Kier molecular flexibility index (Phi) is 5.48. The fraction of sp³-hybridized carbons (Fsp3) is 0.316. The quantitative estimate of drug-likeness (QED) is 0.590. The second-order valence-corrected chi connectivity index (χ2v) is 9.77. The maximum atomic E-state index is 13.1. The molecule has 0 bridgehead atoms. The topological polar surface area (TPSA) is 87.9 Å². The predicted octanol–water partition coefficient (Wildman–Crippen LogP) is 2.80. The summed E-state index contributed by atoms with van der Waals surface area (Å²) in [5, 5.41) is 4.41. The summed E-state index contributed by atoms with van der Waals surface area (Å²) in [4.78, 5) is 19.0. The van der Waals surface area contributed by atoms with Crippen LogP contribution in [0.25, 0.3) is 5.65 Å². The first-order valence-corrected chi connectivity index (χ1v) is 11.4. The van der Waals surface area contributed by atoms with Gasteiger partial charge < -0.3 is 4.90 Å². The van der Waals surface area contributed by atoms with Gasteiger partial charge in [-0.25, -0.2) is 17.9 Å². The van der Waals surface area contributed by atoms with E-state index in [1.54, 1.807) is 15.5 Å². The molecular formula is C19H19Cl2N5O3S. The lowest BCUT2D eigenvalue weighted by Gasteiger charge is -2.34. The molecule has 30 heavy (non-hydrogen) atoms. The number of halogens is 2. The summed E-state index contributed by atoms with van der Waals surface area (Å²) < 4.78 is 29.0. The van der Waals surface area contributed by atoms with Crippen molar-refractivity contribution in [2.45, 2.75) is 18.7 Å². The Labute approximate surface area is 184 Å². The molecule has 0 unspecified atom stereocenters. The Morgan fingerprint density at radius 3 is 2.33 bits per heavy atom. The molecular weight excluding hydrogens is 449 g/mol. The lowest BCUT2D eigenvalue weighted by atomic mass is 10.2. The number of benzene rings is 1. The van der Waals surface area contributed by atoms with Crippen LogP contribution in [0.2, 0.25) is 10.0 Å². The summed E-state index contributed by atoms with van der Waals surface area (Å²) in [7, 11) is -3.87. The summed E-state index contributed by atoms with van der Waals surface area (Å²) in [6, 6.07) is 6.45. The van der Waals surface area contributed by atoms with Crippen LogP contribution in [-0.4, -0.2) is 64.3 Å². The minimum atomic E-state index is -3.87. The van der Waals surface area contributed by atoms with E-state index in [0.717, 1.165) is 11.4 Å². The van der Waals surface area contributed by atoms with Gasteiger partial charge in [0.15, 0.2) is 5.65 Å². The number of piperazine rings is 1. The average molecular weight is 468 g/mol. The van der Waals surface area contributed by atoms with Crippen LogP contribution in [-0.2, 0) is 10.0 Å². The highest BCUT2D eigenvalue weighted by Gasteiger charge is 2.33. The van der Waals surface area contributed by atoms with Crippen LogP contribution in [0.4, 0.5) is 0 Å². The SMILES string of the molecule is Cc1cc(C)n2ncc(C(=O)N3CCN(S(=O)(=O)c4c(Cl)cccc4Cl)CC3)c2n1. The highest BCUT2D eigenvalue weighted by atomic mass is 35.5. The van der Waals surface area contributed by atoms with Gasteiger partial charge in [0.05, 0.1) is 16.2 Å². The summed E-state index contributed by atoms with van der Waals surface area (Å²) in [6.07, 6.45) is 1.50. The van der Waals surface area contributed by atoms with E-state index in [2.05, 4.69) is 10.1 Å². The van der Waals surface area contributed by atoms with E-state index >= 15 is 0 Å². The molecule has 0 atom stereocenters. The molecule has 1 fully saturated rings. The monoisotopic (exact) mass is 467 g/mol. The Balaban J connectivity index is 1.55. The fourth-order valence-corrected chi connectivity index (χ4v) is 6.09. The molecule has 0 aliphatic carbocycles. The van der Waals surface area contributed by atoms with Gasteiger partial charge in [-0.1, -0.05) is 29.3 Å². The Hall–Kier alpha value is -2.20. The number of hydrogen-bond donors (Lipinski definition) is 0. The normalized spacial score (nSPS) is 15.7. The number of fused-ring (bicyclic) bond motifs is 1. The third kappa shape index (κ3) is 3.56. The first-order chi connectivity index (χ1) is 14.2. The zero-order valence-corrected chi connectivity index (χ0v) is 18.7. The van der Waals surface area contributed by atoms with E-state index in [0.29, 0.717) is 11.2 Å². The molecule has 1 saturated heterocycles. The van der Waals surface area contributed by atoms with E-state index in [4.69, 9.17) is 23.2 Å². The van der Waals surface area contributed by atoms with Gasteiger partial charge in [-0.3, -0.25) is 4.79 Å². The molecule has 11 heteroatoms. The zero-order valence-electron chi connectivity index (χ0n) is 16.3. The second-order valence-electron chi connectivity index (χ2n) is 7.08. The molecule has 1 aromatic carbocycles. The van der Waals surface area contributed by atoms with E-state index < -0.39 is 10.0 Å². The number of rotatable bonds is 3. The number of sulfonamides is 1. The lowest BCUT2D eigenvalue weighted by molar-refractivity contribution is 0.0699. The number of carbonyl (C=O) groups is 1. The van der Waals surface area contributed by atoms with Gasteiger partial charge >= 0.3 is 0 Å². The second kappa shape index (κ2) is 7.81. The standard InChI is InChI=1S/C19H19Cl2N5O3S/c1-12-10-13(2)26-18(23-12)14(11-22-26)19(27)24-6-8-25(9-7-24)30(28,29)17-15(20)4-3-5-16(17)21/h3-5,10-11H,6-9H2,1-2H3. The van der Waals surface area contributed by atoms with E-state index in [1.165, 1.54) is 22.6 Å². The fourth-order valence-electron chi connectivity index (χ4n) is 3.58. The molecule has 2 aromatic heterocycles. The maximum absolute atomic E-state index is 13.1. The average Bonchev–Trinajstić information content (AvgIpc) is 3.11. The number of nitrogens with zero attached hydrogens (tertiary/aromatic N) is 5. The van der Waals surface area contributed by atoms with Crippen molar-refractivity contribution < 1.29 is 13.2 Å². The third-order valence-corrected chi connectivity index (χ3v) is 7.91. The maximum Gasteiger partial charge on any atom is 0.259 e. The minimum Gasteiger partial charge on any atom is -0.336 e. The third-order valence-electron chi connectivity index (χ3n) is 5.05. The molecule has 0 radical (unpaired) electrons. The van der Waals surface area contributed by atoms with Crippen molar-refractivity contribution in [1.82, 2.24) is 23.8 Å². The molecule has 4 rings (SSSR count). The molecule has 0 saturated carbocycles. The van der Waals surface area contributed by atoms with Crippen LogP contribution in [0.5, 0.6) is 0 Å². The summed E-state index contributed by atoms with van der Waals surface area (Å²) in [5.74, 6) is -0.227. The van der Waals surface area contributed by atoms with Crippen LogP contribution in [0.1, 0.15) is 21.7 Å². The molecule has 158 valence electrons. The highest BCUT2D eigenvalue weighted by Crippen LogP contribution is 2.32. The Morgan fingerprint density at radius 1 is 1.07 bits per heavy atom. The van der Waals surface area contributed by atoms with Crippen molar-refractivity contribution in [3.8, 4) is 0 Å². The number of aryl methyl sites for hydroxylation is 2. The van der Waals surface area contributed by atoms with Crippen molar-refractivity contribution in [2.75, 3.05) is 26.2 Å². The zero-order chi connectivity index (χ0) is 21.6. The molecule has 0 N–H and O–H groups in total. The van der Waals surface area contributed by atoms with Gasteiger partial charge in [0.2, 0.25) is 10.0 Å². The van der Waals surface area contributed by atoms with Crippen LogP contribution in [0.15, 0.2) is 35.4 Å². The number of amides is 1. The smallest absolute Gasteiger partial charge is 0.259 e. The van der Waals surface area contributed by atoms with E-state index in [9.17, 15) is 13.2 Å². The minimum absolute atomic E-state index is 0.0733. The number of aromatic nitrogens is 3. The van der Waals surface area contributed by atoms with Gasteiger partial charge in [-0.05, 0) is 32.0 Å². The van der Waals surface area contributed by atoms with Crippen LogP contribution >= 0.6 is 23.2 Å². The van der Waals surface area contributed by atoms with Crippen molar-refractivity contribution >= 4 is 44.8 Å². The van der Waals surface area contributed by atoms with Gasteiger partial charge in [0.25, 0.3) is 5.91 Å². The van der Waals surface area contributed by atoms with E-state index in [-0.39, 0.29) is 47.0 Å². The molecule has 3 aromatic rings. The number of carbonyl (C=O) groups excluding carboxylic acids is 1. The summed E-state index contributed by atoms with van der Waals surface area (Å²) >= 11 is 12.2. The van der Waals surface area contributed by atoms with Crippen LogP contribution < -0.4 is 0 Å². The first kappa shape index (κ1) is 21.0.